The number of ether oxygens (including phenoxy) is 1. The Morgan fingerprint density at radius 3 is 2.55 bits per heavy atom. The molecule has 1 aromatic carbocycles. The summed E-state index contributed by atoms with van der Waals surface area (Å²) in [5.41, 5.74) is 1.02. The fourth-order valence-electron chi connectivity index (χ4n) is 0.759. The van der Waals surface area contributed by atoms with Crippen molar-refractivity contribution in [1.29, 1.82) is 0 Å². The summed E-state index contributed by atoms with van der Waals surface area (Å²) in [5.74, 6) is -0.242. The lowest BCUT2D eigenvalue weighted by molar-refractivity contribution is -0.142. The molecule has 1 rings (SSSR count). The van der Waals surface area contributed by atoms with Crippen molar-refractivity contribution in [3.05, 3.63) is 35.9 Å². The highest BCUT2D eigenvalue weighted by molar-refractivity contribution is 5.65. The van der Waals surface area contributed by atoms with Crippen LogP contribution in [0.25, 0.3) is 0 Å². The third kappa shape index (κ3) is 2.85. The molecule has 0 amide bonds. The van der Waals surface area contributed by atoms with E-state index in [0.717, 1.165) is 5.56 Å². The number of carbonyl (C=O) groups excluding carboxylic acids is 1. The van der Waals surface area contributed by atoms with E-state index in [0.29, 0.717) is 6.61 Å². The smallest absolute Gasteiger partial charge is 0.302 e. The van der Waals surface area contributed by atoms with E-state index in [1.165, 1.54) is 6.92 Å². The molecular weight excluding hydrogens is 142 g/mol. The molecule has 1 aromatic rings. The standard InChI is InChI=1S/C9H10O2/c1-8(10)11-7-9-5-3-2-4-6-9/h2-6H,7H2,1H3/i1+2. The van der Waals surface area contributed by atoms with E-state index in [1.54, 1.807) is 0 Å². The highest BCUT2D eigenvalue weighted by Crippen LogP contribution is 1.99. The largest absolute Gasteiger partial charge is 0.461 e. The Morgan fingerprint density at radius 1 is 1.36 bits per heavy atom. The SMILES string of the molecule is [14CH3]C(=O)OCc1ccccc1. The van der Waals surface area contributed by atoms with Crippen molar-refractivity contribution in [3.63, 3.8) is 0 Å². The predicted octanol–water partition coefficient (Wildman–Crippen LogP) is 1.75. The number of hydrogen-bond donors (Lipinski definition) is 0. The van der Waals surface area contributed by atoms with Crippen LogP contribution in [0.15, 0.2) is 30.3 Å². The molecule has 0 spiro atoms. The molecular formula is C9H10O2. The third-order valence-electron chi connectivity index (χ3n) is 1.28. The van der Waals surface area contributed by atoms with Gasteiger partial charge in [0, 0.05) is 6.92 Å². The van der Waals surface area contributed by atoms with Crippen LogP contribution in [0.4, 0.5) is 0 Å². The van der Waals surface area contributed by atoms with Crippen molar-refractivity contribution < 1.29 is 9.53 Å². The first-order valence-corrected chi connectivity index (χ1v) is 3.46. The normalized spacial score (nSPS) is 9.18. The van der Waals surface area contributed by atoms with Crippen molar-refractivity contribution in [1.82, 2.24) is 0 Å². The summed E-state index contributed by atoms with van der Waals surface area (Å²) in [6, 6.07) is 9.60. The Bertz CT molecular complexity index is 229. The number of hydrogen-bond acceptors (Lipinski definition) is 2. The van der Waals surface area contributed by atoms with Crippen LogP contribution in [0.3, 0.4) is 0 Å². The Hall–Kier alpha value is -1.31. The molecule has 0 bridgehead atoms. The van der Waals surface area contributed by atoms with Gasteiger partial charge in [0.25, 0.3) is 0 Å². The molecule has 58 valence electrons. The second-order valence-corrected chi connectivity index (χ2v) is 2.27. The zero-order chi connectivity index (χ0) is 8.10. The second-order valence-electron chi connectivity index (χ2n) is 2.27. The molecule has 0 radical (unpaired) electrons. The lowest BCUT2D eigenvalue weighted by Crippen LogP contribution is -1.97. The van der Waals surface area contributed by atoms with Gasteiger partial charge in [0.2, 0.25) is 0 Å². The van der Waals surface area contributed by atoms with Crippen LogP contribution in [0.5, 0.6) is 0 Å². The molecule has 0 heterocycles. The summed E-state index contributed by atoms with van der Waals surface area (Å²) in [7, 11) is 0. The van der Waals surface area contributed by atoms with Gasteiger partial charge < -0.3 is 4.74 Å². The van der Waals surface area contributed by atoms with Gasteiger partial charge in [-0.3, -0.25) is 4.79 Å². The highest BCUT2D eigenvalue weighted by atomic mass is 16.5. The maximum atomic E-state index is 10.4. The average Bonchev–Trinajstić information content (AvgIpc) is 2.03. The fraction of sp³-hybridized carbons (Fsp3) is 0.222. The molecule has 0 unspecified atom stereocenters. The van der Waals surface area contributed by atoms with Crippen molar-refractivity contribution in [3.8, 4) is 0 Å². The molecule has 2 nitrogen and oxygen atoms in total. The van der Waals surface area contributed by atoms with E-state index in [1.807, 2.05) is 30.3 Å². The first-order chi connectivity index (χ1) is 5.29. The minimum Gasteiger partial charge on any atom is -0.461 e. The van der Waals surface area contributed by atoms with Gasteiger partial charge in [-0.25, -0.2) is 0 Å². The average molecular weight is 152 g/mol. The molecule has 0 aromatic heterocycles. The number of benzene rings is 1. The van der Waals surface area contributed by atoms with E-state index in [-0.39, 0.29) is 5.97 Å². The Kier molecular flexibility index (Phi) is 2.66. The summed E-state index contributed by atoms with van der Waals surface area (Å²) in [5, 5.41) is 0. The topological polar surface area (TPSA) is 26.3 Å². The lowest BCUT2D eigenvalue weighted by Gasteiger charge is -1.99. The van der Waals surface area contributed by atoms with Crippen molar-refractivity contribution >= 4 is 5.97 Å². The van der Waals surface area contributed by atoms with Gasteiger partial charge in [-0.05, 0) is 5.56 Å². The van der Waals surface area contributed by atoms with Crippen LogP contribution in [-0.2, 0) is 16.1 Å². The molecule has 0 aliphatic carbocycles. The van der Waals surface area contributed by atoms with Crippen molar-refractivity contribution in [2.45, 2.75) is 13.5 Å². The number of rotatable bonds is 2. The summed E-state index contributed by atoms with van der Waals surface area (Å²) in [6.45, 7) is 1.78. The van der Waals surface area contributed by atoms with Gasteiger partial charge in [-0.15, -0.1) is 0 Å². The van der Waals surface area contributed by atoms with E-state index >= 15 is 0 Å². The first-order valence-electron chi connectivity index (χ1n) is 3.46. The van der Waals surface area contributed by atoms with Gasteiger partial charge in [0.05, 0.1) is 0 Å². The lowest BCUT2D eigenvalue weighted by atomic mass is 10.2. The minimum absolute atomic E-state index is 0.242. The minimum atomic E-state index is -0.242. The number of esters is 1. The van der Waals surface area contributed by atoms with Crippen LogP contribution >= 0.6 is 0 Å². The fourth-order valence-corrected chi connectivity index (χ4v) is 0.759. The molecule has 0 saturated carbocycles. The van der Waals surface area contributed by atoms with Crippen LogP contribution < -0.4 is 0 Å². The summed E-state index contributed by atoms with van der Waals surface area (Å²) in [4.78, 5) is 10.4. The van der Waals surface area contributed by atoms with Crippen LogP contribution in [0.2, 0.25) is 0 Å². The van der Waals surface area contributed by atoms with E-state index in [9.17, 15) is 4.79 Å². The molecule has 0 N–H and O–H groups in total. The van der Waals surface area contributed by atoms with Gasteiger partial charge in [-0.2, -0.15) is 0 Å². The summed E-state index contributed by atoms with van der Waals surface area (Å²) < 4.78 is 4.79. The molecule has 0 fully saturated rings. The van der Waals surface area contributed by atoms with E-state index in [2.05, 4.69) is 0 Å². The first kappa shape index (κ1) is 7.79. The van der Waals surface area contributed by atoms with Gasteiger partial charge in [-0.1, -0.05) is 30.3 Å². The molecule has 11 heavy (non-hydrogen) atoms. The quantitative estimate of drug-likeness (QED) is 0.603. The zero-order valence-electron chi connectivity index (χ0n) is 6.41. The molecule has 0 aliphatic heterocycles. The Labute approximate surface area is 65.8 Å². The summed E-state index contributed by atoms with van der Waals surface area (Å²) >= 11 is 0. The van der Waals surface area contributed by atoms with Gasteiger partial charge in [0.1, 0.15) is 6.61 Å². The van der Waals surface area contributed by atoms with Gasteiger partial charge >= 0.3 is 5.97 Å². The predicted molar refractivity (Wildman–Crippen MR) is 41.9 cm³/mol. The second kappa shape index (κ2) is 3.76. The molecule has 0 aliphatic rings. The zero-order valence-corrected chi connectivity index (χ0v) is 6.41. The Balaban J connectivity index is 2.45. The van der Waals surface area contributed by atoms with Crippen LogP contribution in [-0.4, -0.2) is 5.97 Å². The maximum Gasteiger partial charge on any atom is 0.302 e. The summed E-state index contributed by atoms with van der Waals surface area (Å²) in [6.07, 6.45) is 0. The molecule has 0 atom stereocenters. The monoisotopic (exact) mass is 152 g/mol. The molecule has 0 saturated heterocycles. The van der Waals surface area contributed by atoms with Crippen molar-refractivity contribution in [2.75, 3.05) is 0 Å². The van der Waals surface area contributed by atoms with Crippen molar-refractivity contribution in [2.24, 2.45) is 0 Å². The van der Waals surface area contributed by atoms with E-state index < -0.39 is 0 Å². The van der Waals surface area contributed by atoms with Crippen LogP contribution in [0.1, 0.15) is 12.5 Å². The Morgan fingerprint density at radius 2 is 2.00 bits per heavy atom. The molecule has 2 heteroatoms. The highest BCUT2D eigenvalue weighted by Gasteiger charge is 1.93. The van der Waals surface area contributed by atoms with Gasteiger partial charge in [0.15, 0.2) is 0 Å². The van der Waals surface area contributed by atoms with Crippen LogP contribution in [0, 0.1) is 0 Å². The van der Waals surface area contributed by atoms with E-state index in [4.69, 9.17) is 4.74 Å². The number of carbonyl (C=O) groups is 1. The third-order valence-corrected chi connectivity index (χ3v) is 1.28. The maximum absolute atomic E-state index is 10.4.